The molecule has 0 heterocycles. The molecule has 2 rings (SSSR count). The molecule has 1 N–H and O–H groups in total. The lowest BCUT2D eigenvalue weighted by Crippen LogP contribution is -2.32. The van der Waals surface area contributed by atoms with E-state index in [4.69, 9.17) is 9.78 Å². The van der Waals surface area contributed by atoms with Crippen molar-refractivity contribution in [2.24, 2.45) is 0 Å². The van der Waals surface area contributed by atoms with Crippen LogP contribution in [0.5, 0.6) is 0 Å². The second-order valence-electron chi connectivity index (χ2n) is 7.81. The van der Waals surface area contributed by atoms with E-state index in [0.29, 0.717) is 0 Å². The van der Waals surface area contributed by atoms with Gasteiger partial charge in [0.2, 0.25) is 0 Å². The summed E-state index contributed by atoms with van der Waals surface area (Å²) in [6, 6.07) is 9.50. The summed E-state index contributed by atoms with van der Waals surface area (Å²) in [7, 11) is 0. The van der Waals surface area contributed by atoms with Crippen LogP contribution in [0.2, 0.25) is 0 Å². The fraction of sp³-hybridized carbons (Fsp3) is 0.478. The lowest BCUT2D eigenvalue weighted by atomic mass is 9.86. The molecule has 0 spiro atoms. The maximum Gasteiger partial charge on any atom is 0.176 e. The van der Waals surface area contributed by atoms with Crippen LogP contribution in [-0.2, 0) is 15.4 Å². The van der Waals surface area contributed by atoms with E-state index in [0.717, 1.165) is 30.4 Å². The highest BCUT2D eigenvalue weighted by Crippen LogP contribution is 2.33. The predicted molar refractivity (Wildman–Crippen MR) is 105 cm³/mol. The zero-order chi connectivity index (χ0) is 19.3. The highest BCUT2D eigenvalue weighted by molar-refractivity contribution is 5.49. The number of benzene rings is 1. The van der Waals surface area contributed by atoms with Gasteiger partial charge in [-0.05, 0) is 46.1 Å². The fourth-order valence-corrected chi connectivity index (χ4v) is 2.84. The van der Waals surface area contributed by atoms with Gasteiger partial charge >= 0.3 is 0 Å². The third-order valence-corrected chi connectivity index (χ3v) is 4.25. The Balaban J connectivity index is 2.25. The van der Waals surface area contributed by atoms with Gasteiger partial charge in [0.1, 0.15) is 0 Å². The lowest BCUT2D eigenvalue weighted by molar-refractivity contribution is -0.389. The van der Waals surface area contributed by atoms with Crippen LogP contribution in [0.15, 0.2) is 54.1 Å². The Morgan fingerprint density at radius 2 is 1.73 bits per heavy atom. The summed E-state index contributed by atoms with van der Waals surface area (Å²) in [5, 5.41) is 11.4. The fourth-order valence-electron chi connectivity index (χ4n) is 2.84. The van der Waals surface area contributed by atoms with Crippen LogP contribution in [0.1, 0.15) is 59.4 Å². The number of rotatable bonds is 7. The first-order valence-corrected chi connectivity index (χ1v) is 9.25. The first-order valence-electron chi connectivity index (χ1n) is 9.25. The molecule has 0 radical (unpaired) electrons. The zero-order valence-electron chi connectivity index (χ0n) is 16.5. The van der Waals surface area contributed by atoms with Gasteiger partial charge in [0.05, 0.1) is 5.60 Å². The van der Waals surface area contributed by atoms with E-state index in [-0.39, 0.29) is 5.60 Å². The van der Waals surface area contributed by atoms with Gasteiger partial charge < -0.3 is 5.11 Å². The van der Waals surface area contributed by atoms with Gasteiger partial charge in [0, 0.05) is 5.56 Å². The molecule has 1 aliphatic carbocycles. The Labute approximate surface area is 157 Å². The zero-order valence-corrected chi connectivity index (χ0v) is 16.5. The van der Waals surface area contributed by atoms with E-state index in [1.54, 1.807) is 0 Å². The summed E-state index contributed by atoms with van der Waals surface area (Å²) in [6.45, 7) is 9.78. The molecular formula is C23H30O3. The molecule has 1 aliphatic rings. The maximum absolute atomic E-state index is 11.4. The first-order chi connectivity index (χ1) is 12.2. The molecule has 1 unspecified atom stereocenters. The average molecular weight is 354 g/mol. The summed E-state index contributed by atoms with van der Waals surface area (Å²) in [5.74, 6) is 6.11. The minimum absolute atomic E-state index is 0.375. The molecule has 1 aromatic rings. The van der Waals surface area contributed by atoms with Crippen molar-refractivity contribution in [3.05, 3.63) is 59.7 Å². The van der Waals surface area contributed by atoms with Crippen LogP contribution in [0.4, 0.5) is 0 Å². The summed E-state index contributed by atoms with van der Waals surface area (Å²) >= 11 is 0. The van der Waals surface area contributed by atoms with Crippen LogP contribution in [0.25, 0.3) is 0 Å². The van der Waals surface area contributed by atoms with Crippen LogP contribution < -0.4 is 0 Å². The largest absolute Gasteiger partial charge is 0.369 e. The predicted octanol–water partition coefficient (Wildman–Crippen LogP) is 5.07. The van der Waals surface area contributed by atoms with E-state index in [1.807, 2.05) is 76.3 Å². The van der Waals surface area contributed by atoms with Gasteiger partial charge in [-0.1, -0.05) is 73.7 Å². The molecule has 26 heavy (non-hydrogen) atoms. The third-order valence-electron chi connectivity index (χ3n) is 4.25. The van der Waals surface area contributed by atoms with E-state index in [1.165, 1.54) is 0 Å². The Morgan fingerprint density at radius 3 is 2.31 bits per heavy atom. The topological polar surface area (TPSA) is 38.7 Å². The molecule has 1 atom stereocenters. The van der Waals surface area contributed by atoms with E-state index in [9.17, 15) is 5.11 Å². The van der Waals surface area contributed by atoms with Crippen LogP contribution in [0.3, 0.4) is 0 Å². The molecule has 1 aromatic carbocycles. The van der Waals surface area contributed by atoms with Gasteiger partial charge in [-0.25, -0.2) is 9.78 Å². The van der Waals surface area contributed by atoms with Crippen molar-refractivity contribution in [1.82, 2.24) is 0 Å². The Hall–Kier alpha value is -1.86. The molecule has 0 amide bonds. The average Bonchev–Trinajstić information content (AvgIpc) is 3.14. The molecular weight excluding hydrogens is 324 g/mol. The normalized spacial score (nSPS) is 16.6. The monoisotopic (exact) mass is 354 g/mol. The van der Waals surface area contributed by atoms with Gasteiger partial charge in [-0.3, -0.25) is 0 Å². The molecule has 3 nitrogen and oxygen atoms in total. The van der Waals surface area contributed by atoms with Gasteiger partial charge in [-0.2, -0.15) is 0 Å². The number of hydrogen-bond acceptors (Lipinski definition) is 3. The van der Waals surface area contributed by atoms with E-state index >= 15 is 0 Å². The van der Waals surface area contributed by atoms with Crippen molar-refractivity contribution in [1.29, 1.82) is 0 Å². The van der Waals surface area contributed by atoms with Crippen LogP contribution >= 0.6 is 0 Å². The van der Waals surface area contributed by atoms with Crippen LogP contribution in [0, 0.1) is 11.8 Å². The standard InChI is InChI=1S/C23H30O3/c1-6-16-21(2,3)25-26-22(4,5)17-18-23(24,20-14-10-11-15-20)19-12-8-7-9-13-19/h7-10,12-15,24H,6,11,16H2,1-5H3. The second-order valence-corrected chi connectivity index (χ2v) is 7.81. The minimum Gasteiger partial charge on any atom is -0.369 e. The Bertz CT molecular complexity index is 717. The second kappa shape index (κ2) is 8.22. The third kappa shape index (κ3) is 5.32. The molecule has 3 heteroatoms. The van der Waals surface area contributed by atoms with Crippen molar-refractivity contribution in [2.75, 3.05) is 0 Å². The van der Waals surface area contributed by atoms with Crippen molar-refractivity contribution in [2.45, 2.75) is 70.7 Å². The Morgan fingerprint density at radius 1 is 1.04 bits per heavy atom. The van der Waals surface area contributed by atoms with Gasteiger partial charge in [0.15, 0.2) is 11.2 Å². The van der Waals surface area contributed by atoms with Gasteiger partial charge in [0.25, 0.3) is 0 Å². The number of allylic oxidation sites excluding steroid dienone is 2. The summed E-state index contributed by atoms with van der Waals surface area (Å²) < 4.78 is 0. The minimum atomic E-state index is -1.37. The molecule has 140 valence electrons. The number of hydrogen-bond donors (Lipinski definition) is 1. The maximum atomic E-state index is 11.4. The molecule has 0 fully saturated rings. The van der Waals surface area contributed by atoms with Crippen LogP contribution in [-0.4, -0.2) is 16.3 Å². The summed E-state index contributed by atoms with van der Waals surface area (Å²) in [5.41, 5.74) is -1.06. The lowest BCUT2D eigenvalue weighted by Gasteiger charge is -2.28. The number of aliphatic hydroxyl groups is 1. The molecule has 0 saturated heterocycles. The molecule has 0 aliphatic heterocycles. The molecule has 0 bridgehead atoms. The summed E-state index contributed by atoms with van der Waals surface area (Å²) in [6.07, 6.45) is 8.65. The Kier molecular flexibility index (Phi) is 6.47. The van der Waals surface area contributed by atoms with Gasteiger partial charge in [-0.15, -0.1) is 0 Å². The molecule has 0 saturated carbocycles. The first kappa shape index (κ1) is 20.5. The van der Waals surface area contributed by atoms with E-state index < -0.39 is 11.2 Å². The van der Waals surface area contributed by atoms with Crippen molar-refractivity contribution >= 4 is 0 Å². The SMILES string of the molecule is CCCC(C)(C)OOC(C)(C)C#CC(O)(C1=CCC=C1)c1ccccc1. The smallest absolute Gasteiger partial charge is 0.176 e. The van der Waals surface area contributed by atoms with E-state index in [2.05, 4.69) is 18.8 Å². The highest BCUT2D eigenvalue weighted by Gasteiger charge is 2.32. The highest BCUT2D eigenvalue weighted by atomic mass is 17.2. The quantitative estimate of drug-likeness (QED) is 0.422. The van der Waals surface area contributed by atoms with Crippen molar-refractivity contribution in [3.63, 3.8) is 0 Å². The molecule has 0 aromatic heterocycles. The summed E-state index contributed by atoms with van der Waals surface area (Å²) in [4.78, 5) is 11.2. The van der Waals surface area contributed by atoms with Crippen molar-refractivity contribution in [3.8, 4) is 11.8 Å². The van der Waals surface area contributed by atoms with Crippen molar-refractivity contribution < 1.29 is 14.9 Å².